The second-order valence-electron chi connectivity index (χ2n) is 1.39. The zero-order valence-corrected chi connectivity index (χ0v) is 7.96. The summed E-state index contributed by atoms with van der Waals surface area (Å²) in [5.41, 5.74) is 0. The normalized spacial score (nSPS) is 9.70. The SMILES string of the molecule is S=c1nc(SS)[nH]c(=S)[nH]1. The largest absolute Gasteiger partial charge is 0.311 e. The maximum Gasteiger partial charge on any atom is 0.201 e. The van der Waals surface area contributed by atoms with Crippen molar-refractivity contribution in [2.75, 3.05) is 0 Å². The fourth-order valence-electron chi connectivity index (χ4n) is 0.417. The Bertz CT molecular complexity index is 297. The first-order valence-electron chi connectivity index (χ1n) is 2.24. The number of nitrogens with one attached hydrogen (secondary N) is 2. The van der Waals surface area contributed by atoms with E-state index in [4.69, 9.17) is 24.4 Å². The van der Waals surface area contributed by atoms with Gasteiger partial charge in [0.15, 0.2) is 9.93 Å². The molecule has 7 heteroatoms. The molecule has 0 aliphatic rings. The number of hydrogen-bond donors (Lipinski definition) is 3. The van der Waals surface area contributed by atoms with Gasteiger partial charge in [-0.1, -0.05) is 0 Å². The minimum absolute atomic E-state index is 0.375. The zero-order valence-electron chi connectivity index (χ0n) is 4.62. The molecule has 0 saturated carbocycles. The van der Waals surface area contributed by atoms with E-state index >= 15 is 0 Å². The molecular weight excluding hydrogens is 206 g/mol. The molecule has 0 amide bonds. The maximum atomic E-state index is 4.79. The van der Waals surface area contributed by atoms with E-state index in [1.165, 1.54) is 10.8 Å². The van der Waals surface area contributed by atoms with E-state index in [0.29, 0.717) is 14.7 Å². The van der Waals surface area contributed by atoms with Crippen LogP contribution in [-0.4, -0.2) is 15.0 Å². The summed E-state index contributed by atoms with van der Waals surface area (Å²) in [4.78, 5) is 9.30. The summed E-state index contributed by atoms with van der Waals surface area (Å²) >= 11 is 13.5. The minimum atomic E-state index is 0.375. The van der Waals surface area contributed by atoms with Gasteiger partial charge in [-0.15, -0.1) is 11.7 Å². The quantitative estimate of drug-likeness (QED) is 0.377. The van der Waals surface area contributed by atoms with Crippen LogP contribution in [0, 0.1) is 9.54 Å². The van der Waals surface area contributed by atoms with Gasteiger partial charge in [0.1, 0.15) is 0 Å². The highest BCUT2D eigenvalue weighted by molar-refractivity contribution is 8.68. The number of H-pyrrole nitrogens is 2. The third-order valence-corrected chi connectivity index (χ3v) is 2.01. The van der Waals surface area contributed by atoms with Crippen molar-refractivity contribution in [2.45, 2.75) is 5.16 Å². The van der Waals surface area contributed by atoms with Crippen LogP contribution >= 0.6 is 46.9 Å². The lowest BCUT2D eigenvalue weighted by Crippen LogP contribution is -1.88. The lowest BCUT2D eigenvalue weighted by atomic mass is 11.1. The van der Waals surface area contributed by atoms with Crippen molar-refractivity contribution in [3.63, 3.8) is 0 Å². The fraction of sp³-hybridized carbons (Fsp3) is 0. The molecule has 10 heavy (non-hydrogen) atoms. The Balaban J connectivity index is 3.33. The summed E-state index contributed by atoms with van der Waals surface area (Å²) in [6.45, 7) is 0. The van der Waals surface area contributed by atoms with E-state index in [2.05, 4.69) is 26.6 Å². The van der Waals surface area contributed by atoms with E-state index in [-0.39, 0.29) is 0 Å². The molecule has 0 aromatic carbocycles. The van der Waals surface area contributed by atoms with Crippen molar-refractivity contribution in [3.05, 3.63) is 9.54 Å². The summed E-state index contributed by atoms with van der Waals surface area (Å²) in [6, 6.07) is 0. The van der Waals surface area contributed by atoms with Crippen molar-refractivity contribution in [1.82, 2.24) is 15.0 Å². The van der Waals surface area contributed by atoms with Gasteiger partial charge in [-0.2, -0.15) is 4.98 Å². The molecular formula is C3H3N3S4. The van der Waals surface area contributed by atoms with Crippen LogP contribution in [0.1, 0.15) is 0 Å². The highest BCUT2D eigenvalue weighted by Crippen LogP contribution is 2.14. The predicted octanol–water partition coefficient (Wildman–Crippen LogP) is 2.13. The first kappa shape index (κ1) is 8.25. The van der Waals surface area contributed by atoms with Gasteiger partial charge in [-0.3, -0.25) is 0 Å². The van der Waals surface area contributed by atoms with Crippen molar-refractivity contribution in [2.24, 2.45) is 0 Å². The maximum absolute atomic E-state index is 4.79. The monoisotopic (exact) mass is 209 g/mol. The molecule has 2 N–H and O–H groups in total. The van der Waals surface area contributed by atoms with E-state index in [9.17, 15) is 0 Å². The van der Waals surface area contributed by atoms with Gasteiger partial charge in [0.2, 0.25) is 4.77 Å². The van der Waals surface area contributed by atoms with Crippen molar-refractivity contribution in [3.8, 4) is 0 Å². The zero-order chi connectivity index (χ0) is 7.56. The van der Waals surface area contributed by atoms with Gasteiger partial charge in [0, 0.05) is 0 Å². The van der Waals surface area contributed by atoms with E-state index in [0.717, 1.165) is 0 Å². The second kappa shape index (κ2) is 3.51. The van der Waals surface area contributed by atoms with Crippen LogP contribution in [0.5, 0.6) is 0 Å². The first-order valence-corrected chi connectivity index (χ1v) is 4.93. The Hall–Kier alpha value is 0.150. The summed E-state index contributed by atoms with van der Waals surface area (Å²) in [5.74, 6) is 0. The average Bonchev–Trinajstić information content (AvgIpc) is 1.85. The van der Waals surface area contributed by atoms with E-state index in [1.807, 2.05) is 0 Å². The van der Waals surface area contributed by atoms with Gasteiger partial charge in [-0.25, -0.2) is 0 Å². The molecule has 0 atom stereocenters. The van der Waals surface area contributed by atoms with Gasteiger partial charge >= 0.3 is 0 Å². The number of rotatable bonds is 1. The molecule has 0 spiro atoms. The van der Waals surface area contributed by atoms with Gasteiger partial charge < -0.3 is 9.97 Å². The number of nitrogens with zero attached hydrogens (tertiary/aromatic N) is 1. The predicted molar refractivity (Wildman–Crippen MR) is 49.4 cm³/mol. The van der Waals surface area contributed by atoms with E-state index < -0.39 is 0 Å². The van der Waals surface area contributed by atoms with Crippen LogP contribution in [0.2, 0.25) is 0 Å². The topological polar surface area (TPSA) is 44.5 Å². The molecule has 0 unspecified atom stereocenters. The number of thiol groups is 1. The Morgan fingerprint density at radius 3 is 2.60 bits per heavy atom. The summed E-state index contributed by atoms with van der Waals surface area (Å²) < 4.78 is 0.844. The molecule has 0 radical (unpaired) electrons. The molecule has 54 valence electrons. The van der Waals surface area contributed by atoms with Crippen LogP contribution < -0.4 is 0 Å². The highest BCUT2D eigenvalue weighted by Gasteiger charge is 1.89. The van der Waals surface area contributed by atoms with Crippen LogP contribution in [-0.2, 0) is 0 Å². The van der Waals surface area contributed by atoms with Crippen molar-refractivity contribution >= 4 is 46.9 Å². The fourth-order valence-corrected chi connectivity index (χ4v) is 1.53. The Labute approximate surface area is 76.5 Å². The van der Waals surface area contributed by atoms with Gasteiger partial charge in [0.05, 0.1) is 0 Å². The Kier molecular flexibility index (Phi) is 2.90. The van der Waals surface area contributed by atoms with Crippen LogP contribution in [0.4, 0.5) is 0 Å². The van der Waals surface area contributed by atoms with Gasteiger partial charge in [0.25, 0.3) is 0 Å². The molecule has 0 bridgehead atoms. The molecule has 1 heterocycles. The Morgan fingerprint density at radius 2 is 2.10 bits per heavy atom. The minimum Gasteiger partial charge on any atom is -0.311 e. The molecule has 0 saturated heterocycles. The molecule has 1 aromatic rings. The number of aromatic amines is 2. The summed E-state index contributed by atoms with van der Waals surface area (Å²) in [5, 5.41) is 0.608. The second-order valence-corrected chi connectivity index (χ2v) is 3.30. The molecule has 0 aliphatic heterocycles. The third kappa shape index (κ3) is 2.08. The summed E-state index contributed by atoms with van der Waals surface area (Å²) in [6.07, 6.45) is 0. The molecule has 0 fully saturated rings. The third-order valence-electron chi connectivity index (χ3n) is 0.730. The Morgan fingerprint density at radius 1 is 1.40 bits per heavy atom. The molecule has 1 aromatic heterocycles. The van der Waals surface area contributed by atoms with Crippen molar-refractivity contribution < 1.29 is 0 Å². The molecule has 0 aliphatic carbocycles. The van der Waals surface area contributed by atoms with E-state index in [1.54, 1.807) is 0 Å². The molecule has 1 rings (SSSR count). The number of hydrogen-bond acceptors (Lipinski definition) is 5. The summed E-state index contributed by atoms with van der Waals surface area (Å²) in [7, 11) is 1.17. The average molecular weight is 209 g/mol. The van der Waals surface area contributed by atoms with Crippen LogP contribution in [0.15, 0.2) is 5.16 Å². The first-order chi connectivity index (χ1) is 4.72. The smallest absolute Gasteiger partial charge is 0.201 e. The van der Waals surface area contributed by atoms with Gasteiger partial charge in [-0.05, 0) is 35.2 Å². The van der Waals surface area contributed by atoms with Crippen molar-refractivity contribution in [1.29, 1.82) is 0 Å². The number of aromatic nitrogens is 3. The standard InChI is InChI=1S/C3H3N3S4/c7-1-4-2(8)6-3(5-1)10-9/h9H,(H2,4,5,6,7,8). The van der Waals surface area contributed by atoms with Crippen LogP contribution in [0.25, 0.3) is 0 Å². The van der Waals surface area contributed by atoms with Crippen LogP contribution in [0.3, 0.4) is 0 Å². The highest BCUT2D eigenvalue weighted by atomic mass is 33.1. The molecule has 3 nitrogen and oxygen atoms in total. The lowest BCUT2D eigenvalue weighted by Gasteiger charge is -1.91. The lowest BCUT2D eigenvalue weighted by molar-refractivity contribution is 0.876.